The SMILES string of the molecule is CCN(CC)C1CCN(c2ccc(Nc3nc(Nc4ccccc4P(C)C)c4cc[nH]c4n3)cc2F)CC1. The minimum atomic E-state index is -0.290. The van der Waals surface area contributed by atoms with Crippen molar-refractivity contribution in [3.63, 3.8) is 0 Å². The summed E-state index contributed by atoms with van der Waals surface area (Å²) >= 11 is 0. The van der Waals surface area contributed by atoms with Gasteiger partial charge in [0.05, 0.1) is 11.1 Å². The number of hydrogen-bond donors (Lipinski definition) is 3. The first-order valence-electron chi connectivity index (χ1n) is 13.4. The van der Waals surface area contributed by atoms with Crippen molar-refractivity contribution in [1.29, 1.82) is 0 Å². The van der Waals surface area contributed by atoms with E-state index in [-0.39, 0.29) is 13.7 Å². The fourth-order valence-electron chi connectivity index (χ4n) is 5.37. The Morgan fingerprint density at radius 1 is 1.03 bits per heavy atom. The largest absolute Gasteiger partial charge is 0.369 e. The van der Waals surface area contributed by atoms with Crippen molar-refractivity contribution in [2.75, 3.05) is 55.0 Å². The smallest absolute Gasteiger partial charge is 0.231 e. The van der Waals surface area contributed by atoms with Gasteiger partial charge < -0.3 is 25.4 Å². The van der Waals surface area contributed by atoms with Gasteiger partial charge in [0, 0.05) is 36.7 Å². The Labute approximate surface area is 225 Å². The van der Waals surface area contributed by atoms with Gasteiger partial charge in [-0.1, -0.05) is 40.0 Å². The Morgan fingerprint density at radius 2 is 1.79 bits per heavy atom. The molecule has 7 nitrogen and oxygen atoms in total. The standard InChI is InChI=1S/C29H37FN7P/c1-5-36(6-2)21-14-17-37(18-15-21)25-12-11-20(19-23(25)30)32-29-34-27-22(13-16-31-27)28(35-29)33-24-9-7-8-10-26(24)38(3)4/h7-13,16,19,21H,5-6,14-15,17-18H2,1-4H3,(H3,31,32,33,34,35). The monoisotopic (exact) mass is 533 g/mol. The molecular weight excluding hydrogens is 496 g/mol. The molecule has 0 aliphatic carbocycles. The molecule has 9 heteroatoms. The molecule has 2 aromatic carbocycles. The van der Waals surface area contributed by atoms with Crippen molar-refractivity contribution in [3.05, 3.63) is 60.5 Å². The van der Waals surface area contributed by atoms with Gasteiger partial charge in [-0.3, -0.25) is 0 Å². The lowest BCUT2D eigenvalue weighted by molar-refractivity contribution is 0.186. The molecule has 0 atom stereocenters. The summed E-state index contributed by atoms with van der Waals surface area (Å²) < 4.78 is 15.3. The van der Waals surface area contributed by atoms with E-state index in [2.05, 4.69) is 75.8 Å². The summed E-state index contributed by atoms with van der Waals surface area (Å²) in [5.41, 5.74) is 3.03. The molecule has 0 bridgehead atoms. The fraction of sp³-hybridized carbons (Fsp3) is 0.379. The molecule has 1 fully saturated rings. The number of fused-ring (bicyclic) bond motifs is 1. The molecule has 1 aliphatic heterocycles. The zero-order valence-electron chi connectivity index (χ0n) is 22.6. The minimum absolute atomic E-state index is 0.233. The summed E-state index contributed by atoms with van der Waals surface area (Å²) in [5.74, 6) is 0.877. The van der Waals surface area contributed by atoms with E-state index in [0.29, 0.717) is 34.8 Å². The first kappa shape index (κ1) is 26.4. The van der Waals surface area contributed by atoms with E-state index in [0.717, 1.165) is 50.1 Å². The topological polar surface area (TPSA) is 72.1 Å². The maximum absolute atomic E-state index is 15.3. The van der Waals surface area contributed by atoms with Gasteiger partial charge in [-0.2, -0.15) is 9.97 Å². The maximum Gasteiger partial charge on any atom is 0.231 e. The van der Waals surface area contributed by atoms with Crippen LogP contribution in [0.15, 0.2) is 54.7 Å². The third-order valence-electron chi connectivity index (χ3n) is 7.39. The summed E-state index contributed by atoms with van der Waals surface area (Å²) in [4.78, 5) is 17.2. The number of anilines is 5. The van der Waals surface area contributed by atoms with Gasteiger partial charge in [-0.25, -0.2) is 4.39 Å². The van der Waals surface area contributed by atoms with Crippen LogP contribution in [-0.4, -0.2) is 65.4 Å². The quantitative estimate of drug-likeness (QED) is 0.221. The Hall–Kier alpha value is -3.22. The average Bonchev–Trinajstić information content (AvgIpc) is 3.39. The zero-order chi connectivity index (χ0) is 26.6. The van der Waals surface area contributed by atoms with Crippen LogP contribution in [0.1, 0.15) is 26.7 Å². The van der Waals surface area contributed by atoms with E-state index in [1.807, 2.05) is 30.5 Å². The minimum Gasteiger partial charge on any atom is -0.369 e. The molecule has 5 rings (SSSR count). The highest BCUT2D eigenvalue weighted by Crippen LogP contribution is 2.32. The van der Waals surface area contributed by atoms with Crippen LogP contribution in [0.4, 0.5) is 33.2 Å². The number of piperidine rings is 1. The highest BCUT2D eigenvalue weighted by molar-refractivity contribution is 7.64. The molecule has 0 spiro atoms. The number of halogens is 1. The van der Waals surface area contributed by atoms with Crippen LogP contribution in [-0.2, 0) is 0 Å². The molecule has 3 N–H and O–H groups in total. The van der Waals surface area contributed by atoms with E-state index in [4.69, 9.17) is 4.98 Å². The lowest BCUT2D eigenvalue weighted by Crippen LogP contribution is -2.45. The van der Waals surface area contributed by atoms with Gasteiger partial charge in [-0.15, -0.1) is 0 Å². The first-order chi connectivity index (χ1) is 18.5. The lowest BCUT2D eigenvalue weighted by atomic mass is 10.0. The lowest BCUT2D eigenvalue weighted by Gasteiger charge is -2.38. The number of aromatic nitrogens is 3. The van der Waals surface area contributed by atoms with E-state index in [1.54, 1.807) is 0 Å². The maximum atomic E-state index is 15.3. The molecule has 1 saturated heterocycles. The molecule has 38 heavy (non-hydrogen) atoms. The number of nitrogens with one attached hydrogen (secondary N) is 3. The first-order valence-corrected chi connectivity index (χ1v) is 15.6. The molecule has 0 saturated carbocycles. The van der Waals surface area contributed by atoms with Gasteiger partial charge in [0.15, 0.2) is 0 Å². The van der Waals surface area contributed by atoms with Crippen molar-refractivity contribution >= 4 is 53.1 Å². The van der Waals surface area contributed by atoms with Gasteiger partial charge in [0.2, 0.25) is 5.95 Å². The normalized spacial score (nSPS) is 14.6. The second-order valence-electron chi connectivity index (χ2n) is 9.90. The predicted octanol–water partition coefficient (Wildman–Crippen LogP) is 6.26. The number of nitrogens with zero attached hydrogens (tertiary/aromatic N) is 4. The molecule has 0 radical (unpaired) electrons. The number of hydrogen-bond acceptors (Lipinski definition) is 6. The number of benzene rings is 2. The molecule has 3 heterocycles. The van der Waals surface area contributed by atoms with E-state index in [9.17, 15) is 0 Å². The summed E-state index contributed by atoms with van der Waals surface area (Å²) in [7, 11) is -0.290. The third-order valence-corrected chi connectivity index (χ3v) is 8.75. The summed E-state index contributed by atoms with van der Waals surface area (Å²) in [5, 5.41) is 8.90. The van der Waals surface area contributed by atoms with E-state index in [1.165, 1.54) is 11.4 Å². The Balaban J connectivity index is 1.34. The van der Waals surface area contributed by atoms with Crippen LogP contribution in [0.25, 0.3) is 11.0 Å². The van der Waals surface area contributed by atoms with Crippen molar-refractivity contribution in [2.45, 2.75) is 32.7 Å². The van der Waals surface area contributed by atoms with Crippen molar-refractivity contribution in [2.24, 2.45) is 0 Å². The molecule has 1 aliphatic rings. The molecule has 0 unspecified atom stereocenters. The highest BCUT2D eigenvalue weighted by Gasteiger charge is 2.24. The van der Waals surface area contributed by atoms with Gasteiger partial charge in [0.1, 0.15) is 17.3 Å². The summed E-state index contributed by atoms with van der Waals surface area (Å²) in [6.07, 6.45) is 3.97. The average molecular weight is 534 g/mol. The number of para-hydroxylation sites is 1. The van der Waals surface area contributed by atoms with Gasteiger partial charge >= 0.3 is 0 Å². The Morgan fingerprint density at radius 3 is 2.50 bits per heavy atom. The fourth-order valence-corrected chi connectivity index (χ4v) is 6.37. The third kappa shape index (κ3) is 5.62. The van der Waals surface area contributed by atoms with E-state index >= 15 is 4.39 Å². The molecule has 0 amide bonds. The zero-order valence-corrected chi connectivity index (χ0v) is 23.5. The number of H-pyrrole nitrogens is 1. The second-order valence-corrected chi connectivity index (χ2v) is 12.2. The second kappa shape index (κ2) is 11.7. The van der Waals surface area contributed by atoms with E-state index < -0.39 is 0 Å². The number of aromatic amines is 1. The highest BCUT2D eigenvalue weighted by atomic mass is 31.1. The van der Waals surface area contributed by atoms with Gasteiger partial charge in [-0.05, 0) is 74.9 Å². The predicted molar refractivity (Wildman–Crippen MR) is 160 cm³/mol. The van der Waals surface area contributed by atoms with Crippen LogP contribution in [0.3, 0.4) is 0 Å². The molecule has 200 valence electrons. The van der Waals surface area contributed by atoms with Crippen molar-refractivity contribution in [3.8, 4) is 0 Å². The van der Waals surface area contributed by atoms with Crippen LogP contribution in [0.5, 0.6) is 0 Å². The van der Waals surface area contributed by atoms with Crippen LogP contribution < -0.4 is 20.8 Å². The van der Waals surface area contributed by atoms with Crippen LogP contribution in [0, 0.1) is 5.82 Å². The molecular formula is C29H37FN7P. The Bertz CT molecular complexity index is 1380. The van der Waals surface area contributed by atoms with Crippen LogP contribution in [0.2, 0.25) is 0 Å². The molecule has 2 aromatic heterocycles. The number of rotatable bonds is 9. The van der Waals surface area contributed by atoms with Gasteiger partial charge in [0.25, 0.3) is 0 Å². The summed E-state index contributed by atoms with van der Waals surface area (Å²) in [6.45, 7) is 12.8. The van der Waals surface area contributed by atoms with Crippen molar-refractivity contribution in [1.82, 2.24) is 19.9 Å². The Kier molecular flexibility index (Phi) is 8.10. The summed E-state index contributed by atoms with van der Waals surface area (Å²) in [6, 6.07) is 16.2. The van der Waals surface area contributed by atoms with Crippen LogP contribution >= 0.6 is 7.92 Å². The van der Waals surface area contributed by atoms with Crippen molar-refractivity contribution < 1.29 is 4.39 Å². The molecule has 4 aromatic rings.